The number of nitrogens with zero attached hydrogens (tertiary/aromatic N) is 2. The number of anilines is 1. The Morgan fingerprint density at radius 1 is 1.18 bits per heavy atom. The molecule has 3 rings (SSSR count). The third-order valence-corrected chi connectivity index (χ3v) is 4.92. The number of unbranched alkanes of at least 4 members (excludes halogenated alkanes) is 2. The molecule has 0 bridgehead atoms. The lowest BCUT2D eigenvalue weighted by molar-refractivity contribution is 0.115. The van der Waals surface area contributed by atoms with Crippen LogP contribution in [0.1, 0.15) is 37.3 Å². The van der Waals surface area contributed by atoms with E-state index in [9.17, 15) is 4.39 Å². The second kappa shape index (κ2) is 10.7. The maximum atomic E-state index is 14.2. The van der Waals surface area contributed by atoms with E-state index >= 15 is 0 Å². The number of thiazole rings is 1. The molecule has 0 aliphatic rings. The zero-order valence-electron chi connectivity index (χ0n) is 15.9. The summed E-state index contributed by atoms with van der Waals surface area (Å²) in [5.41, 5.74) is 6.11. The number of hydrogen-bond acceptors (Lipinski definition) is 5. The Labute approximate surface area is 169 Å². The van der Waals surface area contributed by atoms with Crippen molar-refractivity contribution in [3.05, 3.63) is 70.9 Å². The van der Waals surface area contributed by atoms with Crippen LogP contribution in [0.25, 0.3) is 11.3 Å². The van der Waals surface area contributed by atoms with Crippen LogP contribution in [0.15, 0.2) is 59.0 Å². The smallest absolute Gasteiger partial charge is 0.203 e. The predicted octanol–water partition coefficient (Wildman–Crippen LogP) is 6.10. The molecule has 0 unspecified atom stereocenters. The van der Waals surface area contributed by atoms with Crippen molar-refractivity contribution < 1.29 is 9.13 Å². The van der Waals surface area contributed by atoms with Crippen LogP contribution in [-0.2, 0) is 11.3 Å². The maximum absolute atomic E-state index is 14.2. The summed E-state index contributed by atoms with van der Waals surface area (Å²) in [7, 11) is 0. The third kappa shape index (κ3) is 5.97. The molecule has 0 atom stereocenters. The van der Waals surface area contributed by atoms with Gasteiger partial charge in [0.15, 0.2) is 0 Å². The molecule has 0 aliphatic carbocycles. The Kier molecular flexibility index (Phi) is 7.70. The zero-order valence-corrected chi connectivity index (χ0v) is 16.7. The molecule has 0 radical (unpaired) electrons. The van der Waals surface area contributed by atoms with E-state index in [1.807, 2.05) is 41.8 Å². The van der Waals surface area contributed by atoms with Crippen LogP contribution in [0.2, 0.25) is 0 Å². The van der Waals surface area contributed by atoms with E-state index < -0.39 is 0 Å². The standard InChI is InChI=1S/C22H24FN3OS/c1-2-3-7-12-27-15-19-11-10-17(13-20(19)23)14-24-26-22-25-21(16-28-22)18-8-5-4-6-9-18/h4-6,8-11,13-14,16H,2-3,7,12,15H2,1H3,(H,25,26). The first-order valence-corrected chi connectivity index (χ1v) is 10.3. The number of ether oxygens (including phenoxy) is 1. The van der Waals surface area contributed by atoms with Crippen molar-refractivity contribution >= 4 is 22.7 Å². The first kappa shape index (κ1) is 20.2. The van der Waals surface area contributed by atoms with Crippen LogP contribution in [0.4, 0.5) is 9.52 Å². The topological polar surface area (TPSA) is 46.5 Å². The average Bonchev–Trinajstić information content (AvgIpc) is 3.19. The first-order chi connectivity index (χ1) is 13.8. The van der Waals surface area contributed by atoms with Crippen molar-refractivity contribution in [3.8, 4) is 11.3 Å². The van der Waals surface area contributed by atoms with Gasteiger partial charge >= 0.3 is 0 Å². The van der Waals surface area contributed by atoms with Crippen LogP contribution in [0.5, 0.6) is 0 Å². The molecule has 6 heteroatoms. The molecular formula is C22H24FN3OS. The fraction of sp³-hybridized carbons (Fsp3) is 0.273. The minimum Gasteiger partial charge on any atom is -0.377 e. The van der Waals surface area contributed by atoms with Gasteiger partial charge in [0.05, 0.1) is 18.5 Å². The van der Waals surface area contributed by atoms with E-state index in [-0.39, 0.29) is 5.82 Å². The van der Waals surface area contributed by atoms with Gasteiger partial charge in [-0.1, -0.05) is 62.2 Å². The van der Waals surface area contributed by atoms with E-state index in [0.717, 1.165) is 30.5 Å². The van der Waals surface area contributed by atoms with Crippen molar-refractivity contribution in [2.24, 2.45) is 5.10 Å². The summed E-state index contributed by atoms with van der Waals surface area (Å²) >= 11 is 1.47. The third-order valence-electron chi connectivity index (χ3n) is 4.17. The number of nitrogens with one attached hydrogen (secondary N) is 1. The fourth-order valence-electron chi connectivity index (χ4n) is 2.63. The fourth-order valence-corrected chi connectivity index (χ4v) is 3.29. The molecule has 0 amide bonds. The molecule has 1 heterocycles. The molecule has 0 saturated carbocycles. The summed E-state index contributed by atoms with van der Waals surface area (Å²) in [5.74, 6) is -0.278. The molecule has 0 fully saturated rings. The molecule has 3 aromatic rings. The van der Waals surface area contributed by atoms with Crippen LogP contribution in [0, 0.1) is 5.82 Å². The molecule has 2 aromatic carbocycles. The Hall–Kier alpha value is -2.57. The second-order valence-electron chi connectivity index (χ2n) is 6.38. The molecule has 0 spiro atoms. The van der Waals surface area contributed by atoms with Crippen LogP contribution < -0.4 is 5.43 Å². The predicted molar refractivity (Wildman–Crippen MR) is 114 cm³/mol. The van der Waals surface area contributed by atoms with E-state index in [4.69, 9.17) is 4.74 Å². The Bertz CT molecular complexity index is 896. The summed E-state index contributed by atoms with van der Waals surface area (Å²) in [6.07, 6.45) is 4.88. The van der Waals surface area contributed by atoms with Gasteiger partial charge in [0.2, 0.25) is 5.13 Å². The number of hydrogen-bond donors (Lipinski definition) is 1. The molecule has 1 N–H and O–H groups in total. The minimum absolute atomic E-state index is 0.278. The normalized spacial score (nSPS) is 11.2. The van der Waals surface area contributed by atoms with Crippen LogP contribution in [0.3, 0.4) is 0 Å². The summed E-state index contributed by atoms with van der Waals surface area (Å²) in [6.45, 7) is 3.11. The van der Waals surface area contributed by atoms with Crippen molar-refractivity contribution in [3.63, 3.8) is 0 Å². The van der Waals surface area contributed by atoms with E-state index in [1.54, 1.807) is 12.3 Å². The Balaban J connectivity index is 1.52. The highest BCUT2D eigenvalue weighted by Crippen LogP contribution is 2.24. The van der Waals surface area contributed by atoms with Crippen molar-refractivity contribution in [2.75, 3.05) is 12.0 Å². The molecule has 4 nitrogen and oxygen atoms in total. The largest absolute Gasteiger partial charge is 0.377 e. The molecule has 0 saturated heterocycles. The summed E-state index contributed by atoms with van der Waals surface area (Å²) < 4.78 is 19.7. The van der Waals surface area contributed by atoms with Crippen LogP contribution in [-0.4, -0.2) is 17.8 Å². The van der Waals surface area contributed by atoms with E-state index in [1.165, 1.54) is 17.4 Å². The Morgan fingerprint density at radius 2 is 2.04 bits per heavy atom. The Morgan fingerprint density at radius 3 is 2.82 bits per heavy atom. The number of hydrazone groups is 1. The quantitative estimate of drug-likeness (QED) is 0.255. The van der Waals surface area contributed by atoms with Gasteiger partial charge in [-0.2, -0.15) is 5.10 Å². The minimum atomic E-state index is -0.278. The molecule has 28 heavy (non-hydrogen) atoms. The van der Waals surface area contributed by atoms with Crippen molar-refractivity contribution in [1.82, 2.24) is 4.98 Å². The average molecular weight is 398 g/mol. The highest BCUT2D eigenvalue weighted by atomic mass is 32.1. The van der Waals surface area contributed by atoms with Gasteiger partial charge < -0.3 is 4.74 Å². The van der Waals surface area contributed by atoms with Gasteiger partial charge in [-0.15, -0.1) is 11.3 Å². The monoisotopic (exact) mass is 397 g/mol. The second-order valence-corrected chi connectivity index (χ2v) is 7.24. The van der Waals surface area contributed by atoms with Crippen LogP contribution >= 0.6 is 11.3 Å². The highest BCUT2D eigenvalue weighted by molar-refractivity contribution is 7.14. The number of aromatic nitrogens is 1. The lowest BCUT2D eigenvalue weighted by atomic mass is 10.1. The highest BCUT2D eigenvalue weighted by Gasteiger charge is 2.04. The van der Waals surface area contributed by atoms with Gasteiger partial charge in [-0.05, 0) is 18.1 Å². The van der Waals surface area contributed by atoms with Crippen molar-refractivity contribution in [1.29, 1.82) is 0 Å². The molecule has 1 aromatic heterocycles. The maximum Gasteiger partial charge on any atom is 0.203 e. The molecular weight excluding hydrogens is 373 g/mol. The number of rotatable bonds is 10. The first-order valence-electron chi connectivity index (χ1n) is 9.42. The number of benzene rings is 2. The molecule has 0 aliphatic heterocycles. The van der Waals surface area contributed by atoms with Gasteiger partial charge in [0.25, 0.3) is 0 Å². The van der Waals surface area contributed by atoms with E-state index in [2.05, 4.69) is 22.4 Å². The van der Waals surface area contributed by atoms with Crippen molar-refractivity contribution in [2.45, 2.75) is 32.8 Å². The van der Waals surface area contributed by atoms with Gasteiger partial charge in [0, 0.05) is 23.1 Å². The summed E-state index contributed by atoms with van der Waals surface area (Å²) in [5, 5.41) is 6.82. The van der Waals surface area contributed by atoms with Gasteiger partial charge in [-0.25, -0.2) is 9.37 Å². The lowest BCUT2D eigenvalue weighted by Gasteiger charge is -2.06. The molecule has 146 valence electrons. The van der Waals surface area contributed by atoms with E-state index in [0.29, 0.717) is 29.5 Å². The lowest BCUT2D eigenvalue weighted by Crippen LogP contribution is -1.99. The zero-order chi connectivity index (χ0) is 19.6. The number of halogens is 1. The summed E-state index contributed by atoms with van der Waals surface area (Å²) in [6, 6.07) is 15.0. The SMILES string of the molecule is CCCCCOCc1ccc(C=NNc2nc(-c3ccccc3)cs2)cc1F. The van der Waals surface area contributed by atoms with Gasteiger partial charge in [0.1, 0.15) is 5.82 Å². The summed E-state index contributed by atoms with van der Waals surface area (Å²) in [4.78, 5) is 4.50. The van der Waals surface area contributed by atoms with Gasteiger partial charge in [-0.3, -0.25) is 5.43 Å².